The zero-order chi connectivity index (χ0) is 15.1. The molecule has 0 N–H and O–H groups in total. The van der Waals surface area contributed by atoms with Crippen molar-refractivity contribution in [2.24, 2.45) is 16.9 Å². The molecule has 0 spiro atoms. The Balaban J connectivity index is 2.04. The van der Waals surface area contributed by atoms with E-state index in [4.69, 9.17) is 9.52 Å². The Bertz CT molecular complexity index is 552. The van der Waals surface area contributed by atoms with E-state index in [-0.39, 0.29) is 17.9 Å². The fourth-order valence-electron chi connectivity index (χ4n) is 3.60. The fourth-order valence-corrected chi connectivity index (χ4v) is 3.60. The molecular formula is C16H23N3O2. The van der Waals surface area contributed by atoms with Gasteiger partial charge in [0.2, 0.25) is 5.91 Å². The maximum Gasteiger partial charge on any atom is 0.243 e. The number of hydrogen-bond acceptors (Lipinski definition) is 4. The molecule has 1 aromatic heterocycles. The highest BCUT2D eigenvalue weighted by Gasteiger charge is 2.49. The van der Waals surface area contributed by atoms with Crippen LogP contribution in [0.25, 0.3) is 0 Å². The van der Waals surface area contributed by atoms with E-state index < -0.39 is 0 Å². The van der Waals surface area contributed by atoms with Gasteiger partial charge in [-0.05, 0) is 26.1 Å². The van der Waals surface area contributed by atoms with E-state index in [0.29, 0.717) is 18.4 Å². The van der Waals surface area contributed by atoms with Crippen LogP contribution in [0.5, 0.6) is 0 Å². The topological polar surface area (TPSA) is 49.1 Å². The van der Waals surface area contributed by atoms with Crippen LogP contribution in [0.2, 0.25) is 0 Å². The third-order valence-electron chi connectivity index (χ3n) is 4.84. The van der Waals surface area contributed by atoms with E-state index in [1.807, 2.05) is 19.1 Å². The summed E-state index contributed by atoms with van der Waals surface area (Å²) in [6, 6.07) is 4.06. The Labute approximate surface area is 125 Å². The number of furan rings is 1. The average Bonchev–Trinajstić information content (AvgIpc) is 3.10. The van der Waals surface area contributed by atoms with Crippen LogP contribution in [0.4, 0.5) is 0 Å². The van der Waals surface area contributed by atoms with Crippen LogP contribution in [0.15, 0.2) is 27.9 Å². The van der Waals surface area contributed by atoms with Gasteiger partial charge in [0, 0.05) is 36.6 Å². The molecule has 5 nitrogen and oxygen atoms in total. The minimum Gasteiger partial charge on any atom is -0.467 e. The molecule has 0 radical (unpaired) electrons. The normalized spacial score (nSPS) is 33.0. The highest BCUT2D eigenvalue weighted by molar-refractivity contribution is 5.94. The second-order valence-corrected chi connectivity index (χ2v) is 6.18. The van der Waals surface area contributed by atoms with E-state index in [0.717, 1.165) is 18.0 Å². The van der Waals surface area contributed by atoms with Gasteiger partial charge in [0.25, 0.3) is 0 Å². The lowest BCUT2D eigenvalue weighted by molar-refractivity contribution is -0.133. The van der Waals surface area contributed by atoms with Crippen LogP contribution in [0, 0.1) is 11.8 Å². The minimum atomic E-state index is -0.109. The van der Waals surface area contributed by atoms with Crippen LogP contribution in [-0.2, 0) is 4.79 Å². The van der Waals surface area contributed by atoms with Gasteiger partial charge in [-0.1, -0.05) is 13.8 Å². The van der Waals surface area contributed by atoms with Crippen molar-refractivity contribution in [1.29, 1.82) is 0 Å². The van der Waals surface area contributed by atoms with Crippen LogP contribution >= 0.6 is 0 Å². The van der Waals surface area contributed by atoms with E-state index in [1.54, 1.807) is 11.3 Å². The molecule has 0 aromatic carbocycles. The van der Waals surface area contributed by atoms with Crippen molar-refractivity contribution in [2.45, 2.75) is 39.3 Å². The van der Waals surface area contributed by atoms with Crippen LogP contribution in [0.1, 0.15) is 39.0 Å². The highest BCUT2D eigenvalue weighted by Crippen LogP contribution is 2.43. The van der Waals surface area contributed by atoms with Gasteiger partial charge in [0.15, 0.2) is 0 Å². The van der Waals surface area contributed by atoms with Crippen LogP contribution < -0.4 is 0 Å². The maximum atomic E-state index is 12.3. The van der Waals surface area contributed by atoms with Gasteiger partial charge in [0.05, 0.1) is 6.26 Å². The van der Waals surface area contributed by atoms with Crippen molar-refractivity contribution < 1.29 is 9.21 Å². The second-order valence-electron chi connectivity index (χ2n) is 6.18. The molecule has 3 heterocycles. The summed E-state index contributed by atoms with van der Waals surface area (Å²) < 4.78 is 5.62. The third kappa shape index (κ3) is 2.20. The third-order valence-corrected chi connectivity index (χ3v) is 4.84. The summed E-state index contributed by atoms with van der Waals surface area (Å²) in [5.74, 6) is 1.46. The van der Waals surface area contributed by atoms with Crippen molar-refractivity contribution in [3.63, 3.8) is 0 Å². The van der Waals surface area contributed by atoms with Crippen LogP contribution in [0.3, 0.4) is 0 Å². The number of amides is 1. The SMILES string of the molecule is CCC(=O)N1N=C2C(C)CN(C)C(C)C2C1c1ccco1. The summed E-state index contributed by atoms with van der Waals surface area (Å²) in [5, 5.41) is 6.36. The Morgan fingerprint density at radius 3 is 2.86 bits per heavy atom. The standard InChI is InChI=1S/C16H23N3O2/c1-5-13(20)19-16(12-7-6-8-21-12)14-11(3)18(4)9-10(2)15(14)17-19/h6-8,10-11,14,16H,5,9H2,1-4H3. The zero-order valence-electron chi connectivity index (χ0n) is 13.1. The van der Waals surface area contributed by atoms with E-state index >= 15 is 0 Å². The van der Waals surface area contributed by atoms with Gasteiger partial charge < -0.3 is 9.32 Å². The molecule has 5 heteroatoms. The summed E-state index contributed by atoms with van der Waals surface area (Å²) in [4.78, 5) is 14.7. The van der Waals surface area contributed by atoms with Crippen molar-refractivity contribution in [2.75, 3.05) is 13.6 Å². The molecule has 0 aliphatic carbocycles. The maximum absolute atomic E-state index is 12.3. The number of hydrogen-bond donors (Lipinski definition) is 0. The number of hydrazone groups is 1. The fraction of sp³-hybridized carbons (Fsp3) is 0.625. The molecule has 0 saturated carbocycles. The minimum absolute atomic E-state index is 0.0559. The van der Waals surface area contributed by atoms with E-state index in [9.17, 15) is 4.79 Å². The van der Waals surface area contributed by atoms with Crippen molar-refractivity contribution >= 4 is 11.6 Å². The van der Waals surface area contributed by atoms with Gasteiger partial charge in [0.1, 0.15) is 11.8 Å². The molecular weight excluding hydrogens is 266 g/mol. The lowest BCUT2D eigenvalue weighted by atomic mass is 9.78. The molecule has 1 saturated heterocycles. The zero-order valence-corrected chi connectivity index (χ0v) is 13.1. The smallest absolute Gasteiger partial charge is 0.243 e. The monoisotopic (exact) mass is 289 g/mol. The summed E-state index contributed by atoms with van der Waals surface area (Å²) in [6.45, 7) is 7.26. The molecule has 0 bridgehead atoms. The molecule has 4 atom stereocenters. The predicted molar refractivity (Wildman–Crippen MR) is 80.8 cm³/mol. The first-order chi connectivity index (χ1) is 10.0. The summed E-state index contributed by atoms with van der Waals surface area (Å²) in [7, 11) is 2.14. The van der Waals surface area contributed by atoms with Crippen molar-refractivity contribution in [1.82, 2.24) is 9.91 Å². The Morgan fingerprint density at radius 1 is 1.48 bits per heavy atom. The molecule has 3 rings (SSSR count). The number of likely N-dealkylation sites (tertiary alicyclic amines) is 1. The average molecular weight is 289 g/mol. The van der Waals surface area contributed by atoms with Crippen molar-refractivity contribution in [3.05, 3.63) is 24.2 Å². The van der Waals surface area contributed by atoms with Gasteiger partial charge in [-0.2, -0.15) is 5.10 Å². The largest absolute Gasteiger partial charge is 0.467 e. The Kier molecular flexibility index (Phi) is 3.61. The van der Waals surface area contributed by atoms with Crippen LogP contribution in [-0.4, -0.2) is 41.2 Å². The molecule has 1 aromatic rings. The first kappa shape index (κ1) is 14.3. The molecule has 21 heavy (non-hydrogen) atoms. The second kappa shape index (κ2) is 5.30. The Hall–Kier alpha value is -1.62. The molecule has 2 aliphatic heterocycles. The number of rotatable bonds is 2. The van der Waals surface area contributed by atoms with E-state index in [1.165, 1.54) is 0 Å². The van der Waals surface area contributed by atoms with Gasteiger partial charge in [-0.25, -0.2) is 5.01 Å². The first-order valence-electron chi connectivity index (χ1n) is 7.68. The highest BCUT2D eigenvalue weighted by atomic mass is 16.3. The van der Waals surface area contributed by atoms with Crippen molar-refractivity contribution in [3.8, 4) is 0 Å². The molecule has 1 fully saturated rings. The summed E-state index contributed by atoms with van der Waals surface area (Å²) in [6.07, 6.45) is 2.13. The molecule has 114 valence electrons. The quantitative estimate of drug-likeness (QED) is 0.840. The summed E-state index contributed by atoms with van der Waals surface area (Å²) in [5.41, 5.74) is 1.14. The van der Waals surface area contributed by atoms with Gasteiger partial charge in [-0.15, -0.1) is 0 Å². The molecule has 1 amide bonds. The van der Waals surface area contributed by atoms with Gasteiger partial charge >= 0.3 is 0 Å². The lowest BCUT2D eigenvalue weighted by Gasteiger charge is -2.40. The number of fused-ring (bicyclic) bond motifs is 1. The first-order valence-corrected chi connectivity index (χ1v) is 7.68. The number of piperidine rings is 1. The number of carbonyl (C=O) groups excluding carboxylic acids is 1. The Morgan fingerprint density at radius 2 is 2.24 bits per heavy atom. The molecule has 2 aliphatic rings. The number of carbonyl (C=O) groups is 1. The predicted octanol–water partition coefficient (Wildman–Crippen LogP) is 2.52. The van der Waals surface area contributed by atoms with Gasteiger partial charge in [-0.3, -0.25) is 4.79 Å². The summed E-state index contributed by atoms with van der Waals surface area (Å²) >= 11 is 0. The van der Waals surface area contributed by atoms with E-state index in [2.05, 4.69) is 25.8 Å². The number of nitrogens with zero attached hydrogens (tertiary/aromatic N) is 3. The lowest BCUT2D eigenvalue weighted by Crippen LogP contribution is -2.51. The molecule has 4 unspecified atom stereocenters.